The molecule has 1 N–H and O–H groups in total. The molecule has 1 aliphatic heterocycles. The second-order valence-electron chi connectivity index (χ2n) is 4.67. The van der Waals surface area contributed by atoms with Crippen molar-refractivity contribution in [1.82, 2.24) is 9.80 Å². The summed E-state index contributed by atoms with van der Waals surface area (Å²) in [7, 11) is 3.44. The van der Waals surface area contributed by atoms with Crippen LogP contribution in [0.4, 0.5) is 4.79 Å². The summed E-state index contributed by atoms with van der Waals surface area (Å²) in [5, 5.41) is 8.87. The van der Waals surface area contributed by atoms with Gasteiger partial charge in [-0.05, 0) is 12.5 Å². The van der Waals surface area contributed by atoms with E-state index in [9.17, 15) is 4.79 Å². The Hall–Kier alpha value is -1.75. The quantitative estimate of drug-likeness (QED) is 0.876. The minimum absolute atomic E-state index is 0.00217. The van der Waals surface area contributed by atoms with E-state index < -0.39 is 0 Å². The lowest BCUT2D eigenvalue weighted by Gasteiger charge is -2.20. The second-order valence-corrected chi connectivity index (χ2v) is 4.67. The first-order valence-electron chi connectivity index (χ1n) is 6.44. The van der Waals surface area contributed by atoms with Crippen LogP contribution in [0.2, 0.25) is 0 Å². The summed E-state index contributed by atoms with van der Waals surface area (Å²) in [5.41, 5.74) is 1.02. The highest BCUT2D eigenvalue weighted by atomic mass is 16.5. The number of ether oxygens (including phenoxy) is 1. The number of methoxy groups -OCH3 is 1. The summed E-state index contributed by atoms with van der Waals surface area (Å²) in [4.78, 5) is 15.6. The smallest absolute Gasteiger partial charge is 0.320 e. The van der Waals surface area contributed by atoms with Crippen LogP contribution in [0.1, 0.15) is 18.0 Å². The van der Waals surface area contributed by atoms with E-state index in [0.29, 0.717) is 19.5 Å². The van der Waals surface area contributed by atoms with Crippen LogP contribution < -0.4 is 4.74 Å². The molecule has 0 spiro atoms. The fourth-order valence-electron chi connectivity index (χ4n) is 2.46. The molecule has 0 aliphatic carbocycles. The van der Waals surface area contributed by atoms with Crippen molar-refractivity contribution in [3.05, 3.63) is 29.8 Å². The zero-order chi connectivity index (χ0) is 13.8. The maximum Gasteiger partial charge on any atom is 0.320 e. The summed E-state index contributed by atoms with van der Waals surface area (Å²) in [5.74, 6) is 0.802. The standard InChI is InChI=1S/C14H20N2O3/c1-15-12(10-16(14(15)18)8-5-9-17)11-6-3-4-7-13(11)19-2/h3-4,6-7,12,17H,5,8-10H2,1-2H3. The number of para-hydroxylation sites is 1. The third-order valence-electron chi connectivity index (χ3n) is 3.52. The maximum absolute atomic E-state index is 12.1. The molecule has 2 amide bonds. The van der Waals surface area contributed by atoms with Gasteiger partial charge in [-0.2, -0.15) is 0 Å². The number of hydrogen-bond donors (Lipinski definition) is 1. The van der Waals surface area contributed by atoms with Gasteiger partial charge in [0.2, 0.25) is 0 Å². The third kappa shape index (κ3) is 2.66. The minimum atomic E-state index is 0.00217. The van der Waals surface area contributed by atoms with E-state index >= 15 is 0 Å². The number of nitrogens with zero attached hydrogens (tertiary/aromatic N) is 2. The molecule has 1 aromatic carbocycles. The Morgan fingerprint density at radius 1 is 1.42 bits per heavy atom. The largest absolute Gasteiger partial charge is 0.496 e. The molecule has 1 aromatic rings. The van der Waals surface area contributed by atoms with Crippen molar-refractivity contribution in [2.45, 2.75) is 12.5 Å². The van der Waals surface area contributed by atoms with E-state index in [2.05, 4.69) is 0 Å². The first kappa shape index (κ1) is 13.7. The number of aliphatic hydroxyl groups is 1. The number of hydrogen-bond acceptors (Lipinski definition) is 3. The van der Waals surface area contributed by atoms with Crippen molar-refractivity contribution >= 4 is 6.03 Å². The van der Waals surface area contributed by atoms with E-state index in [1.165, 1.54) is 0 Å². The SMILES string of the molecule is COc1ccccc1C1CN(CCCO)C(=O)N1C. The van der Waals surface area contributed by atoms with Gasteiger partial charge in [0.25, 0.3) is 0 Å². The Kier molecular flexibility index (Phi) is 4.27. The summed E-state index contributed by atoms with van der Waals surface area (Å²) < 4.78 is 5.36. The molecular weight excluding hydrogens is 244 g/mol. The molecule has 1 unspecified atom stereocenters. The van der Waals surface area contributed by atoms with E-state index in [1.54, 1.807) is 24.0 Å². The summed E-state index contributed by atoms with van der Waals surface area (Å²) in [6.07, 6.45) is 0.609. The molecular formula is C14H20N2O3. The average molecular weight is 264 g/mol. The van der Waals surface area contributed by atoms with Gasteiger partial charge >= 0.3 is 6.03 Å². The minimum Gasteiger partial charge on any atom is -0.496 e. The van der Waals surface area contributed by atoms with E-state index in [1.807, 2.05) is 24.3 Å². The summed E-state index contributed by atoms with van der Waals surface area (Å²) >= 11 is 0. The van der Waals surface area contributed by atoms with Crippen molar-refractivity contribution in [1.29, 1.82) is 0 Å². The van der Waals surface area contributed by atoms with Crippen molar-refractivity contribution in [3.63, 3.8) is 0 Å². The average Bonchev–Trinajstić information content (AvgIpc) is 2.73. The van der Waals surface area contributed by atoms with Crippen molar-refractivity contribution < 1.29 is 14.6 Å². The van der Waals surface area contributed by atoms with E-state index in [4.69, 9.17) is 9.84 Å². The number of likely N-dealkylation sites (N-methyl/N-ethyl adjacent to an activating group) is 1. The molecule has 1 fully saturated rings. The van der Waals surface area contributed by atoms with Gasteiger partial charge in [0, 0.05) is 32.3 Å². The highest BCUT2D eigenvalue weighted by Crippen LogP contribution is 2.33. The van der Waals surface area contributed by atoms with Gasteiger partial charge in [0.1, 0.15) is 5.75 Å². The van der Waals surface area contributed by atoms with Gasteiger partial charge in [-0.25, -0.2) is 4.79 Å². The first-order valence-corrected chi connectivity index (χ1v) is 6.44. The number of urea groups is 1. The lowest BCUT2D eigenvalue weighted by molar-refractivity contribution is 0.190. The van der Waals surface area contributed by atoms with E-state index in [0.717, 1.165) is 11.3 Å². The molecule has 5 heteroatoms. The first-order chi connectivity index (χ1) is 9.19. The van der Waals surface area contributed by atoms with Crippen LogP contribution in [-0.2, 0) is 0 Å². The molecule has 5 nitrogen and oxygen atoms in total. The molecule has 2 rings (SSSR count). The van der Waals surface area contributed by atoms with Crippen molar-refractivity contribution in [3.8, 4) is 5.75 Å². The highest BCUT2D eigenvalue weighted by Gasteiger charge is 2.36. The van der Waals surface area contributed by atoms with Crippen LogP contribution in [0.3, 0.4) is 0 Å². The second kappa shape index (κ2) is 5.93. The number of carbonyl (C=O) groups is 1. The Morgan fingerprint density at radius 3 is 2.84 bits per heavy atom. The van der Waals surface area contributed by atoms with E-state index in [-0.39, 0.29) is 18.7 Å². The molecule has 104 valence electrons. The molecule has 1 aliphatic rings. The molecule has 19 heavy (non-hydrogen) atoms. The molecule has 0 aromatic heterocycles. The third-order valence-corrected chi connectivity index (χ3v) is 3.52. The van der Waals surface area contributed by atoms with Gasteiger partial charge in [-0.3, -0.25) is 0 Å². The van der Waals surface area contributed by atoms with Crippen molar-refractivity contribution in [2.75, 3.05) is 33.9 Å². The number of amides is 2. The van der Waals surface area contributed by atoms with Gasteiger partial charge in [-0.1, -0.05) is 18.2 Å². The fraction of sp³-hybridized carbons (Fsp3) is 0.500. The number of rotatable bonds is 5. The molecule has 1 saturated heterocycles. The van der Waals surface area contributed by atoms with Crippen molar-refractivity contribution in [2.24, 2.45) is 0 Å². The number of benzene rings is 1. The van der Waals surface area contributed by atoms with Gasteiger partial charge in [0.05, 0.1) is 13.2 Å². The topological polar surface area (TPSA) is 53.0 Å². The normalized spacial score (nSPS) is 19.1. The zero-order valence-corrected chi connectivity index (χ0v) is 11.4. The van der Waals surface area contributed by atoms with Crippen LogP contribution in [-0.4, -0.2) is 54.8 Å². The highest BCUT2D eigenvalue weighted by molar-refractivity contribution is 5.77. The van der Waals surface area contributed by atoms with Crippen LogP contribution in [0.5, 0.6) is 5.75 Å². The Bertz CT molecular complexity index is 450. The Morgan fingerprint density at radius 2 is 2.16 bits per heavy atom. The lowest BCUT2D eigenvalue weighted by atomic mass is 10.1. The number of carbonyl (C=O) groups excluding carboxylic acids is 1. The molecule has 1 heterocycles. The predicted octanol–water partition coefficient (Wildman–Crippen LogP) is 1.49. The fourth-order valence-corrected chi connectivity index (χ4v) is 2.46. The van der Waals surface area contributed by atoms with Gasteiger partial charge < -0.3 is 19.6 Å². The number of aliphatic hydroxyl groups excluding tert-OH is 1. The predicted molar refractivity (Wildman–Crippen MR) is 72.2 cm³/mol. The summed E-state index contributed by atoms with van der Waals surface area (Å²) in [6, 6.07) is 7.77. The zero-order valence-electron chi connectivity index (χ0n) is 11.4. The van der Waals surface area contributed by atoms with Gasteiger partial charge in [-0.15, -0.1) is 0 Å². The molecule has 0 bridgehead atoms. The Balaban J connectivity index is 2.19. The van der Waals surface area contributed by atoms with Crippen LogP contribution in [0.25, 0.3) is 0 Å². The summed E-state index contributed by atoms with van der Waals surface area (Å²) in [6.45, 7) is 1.33. The van der Waals surface area contributed by atoms with Crippen LogP contribution in [0.15, 0.2) is 24.3 Å². The monoisotopic (exact) mass is 264 g/mol. The lowest BCUT2D eigenvalue weighted by Crippen LogP contribution is -2.30. The molecule has 1 atom stereocenters. The maximum atomic E-state index is 12.1. The molecule has 0 radical (unpaired) electrons. The van der Waals surface area contributed by atoms with Crippen LogP contribution >= 0.6 is 0 Å². The van der Waals surface area contributed by atoms with Crippen LogP contribution in [0, 0.1) is 0 Å². The molecule has 0 saturated carbocycles. The Labute approximate surface area is 113 Å². The van der Waals surface area contributed by atoms with Gasteiger partial charge in [0.15, 0.2) is 0 Å².